The van der Waals surface area contributed by atoms with Gasteiger partial charge in [0.1, 0.15) is 12.2 Å². The van der Waals surface area contributed by atoms with E-state index in [0.717, 1.165) is 0 Å². The van der Waals surface area contributed by atoms with E-state index in [0.29, 0.717) is 42.5 Å². The average Bonchev–Trinajstić information content (AvgIpc) is 2.54. The predicted molar refractivity (Wildman–Crippen MR) is 81.0 cm³/mol. The van der Waals surface area contributed by atoms with E-state index in [1.807, 2.05) is 0 Å². The van der Waals surface area contributed by atoms with Crippen molar-refractivity contribution in [3.8, 4) is 0 Å². The predicted octanol–water partition coefficient (Wildman–Crippen LogP) is 0.390. The first-order valence-electron chi connectivity index (χ1n) is 7.29. The molecule has 1 N–H and O–H groups in total. The van der Waals surface area contributed by atoms with Gasteiger partial charge in [-0.05, 0) is 13.8 Å². The SMILES string of the molecule is Cc1nc(C2COCCN2C(=O)c2cncnc2C)cc(=O)[nH]1. The highest BCUT2D eigenvalue weighted by Gasteiger charge is 2.31. The van der Waals surface area contributed by atoms with Crippen LogP contribution in [0.2, 0.25) is 0 Å². The third-order valence-electron chi connectivity index (χ3n) is 3.75. The molecule has 0 spiro atoms. The van der Waals surface area contributed by atoms with E-state index in [9.17, 15) is 9.59 Å². The van der Waals surface area contributed by atoms with E-state index in [1.54, 1.807) is 18.7 Å². The van der Waals surface area contributed by atoms with Crippen LogP contribution in [-0.2, 0) is 4.74 Å². The summed E-state index contributed by atoms with van der Waals surface area (Å²) in [4.78, 5) is 41.1. The van der Waals surface area contributed by atoms with E-state index >= 15 is 0 Å². The average molecular weight is 315 g/mol. The first kappa shape index (κ1) is 15.3. The molecule has 0 aromatic carbocycles. The lowest BCUT2D eigenvalue weighted by atomic mass is 10.1. The van der Waals surface area contributed by atoms with Crippen molar-refractivity contribution < 1.29 is 9.53 Å². The Hall–Kier alpha value is -2.61. The van der Waals surface area contributed by atoms with E-state index in [2.05, 4.69) is 19.9 Å². The third kappa shape index (κ3) is 3.11. The summed E-state index contributed by atoms with van der Waals surface area (Å²) in [6.45, 7) is 4.63. The largest absolute Gasteiger partial charge is 0.377 e. The molecule has 8 heteroatoms. The minimum absolute atomic E-state index is 0.184. The lowest BCUT2D eigenvalue weighted by molar-refractivity contribution is -0.00410. The van der Waals surface area contributed by atoms with Gasteiger partial charge in [0, 0.05) is 18.8 Å². The van der Waals surface area contributed by atoms with Crippen molar-refractivity contribution in [1.29, 1.82) is 0 Å². The third-order valence-corrected chi connectivity index (χ3v) is 3.75. The molecule has 0 saturated carbocycles. The van der Waals surface area contributed by atoms with E-state index in [4.69, 9.17) is 4.74 Å². The van der Waals surface area contributed by atoms with E-state index < -0.39 is 6.04 Å². The maximum absolute atomic E-state index is 12.9. The van der Waals surface area contributed by atoms with Crippen molar-refractivity contribution in [3.63, 3.8) is 0 Å². The van der Waals surface area contributed by atoms with Crippen LogP contribution in [0.3, 0.4) is 0 Å². The number of amides is 1. The second kappa shape index (κ2) is 6.25. The van der Waals surface area contributed by atoms with Crippen LogP contribution in [0.1, 0.15) is 33.6 Å². The van der Waals surface area contributed by atoms with Gasteiger partial charge in [0.25, 0.3) is 11.5 Å². The molecule has 23 heavy (non-hydrogen) atoms. The van der Waals surface area contributed by atoms with E-state index in [-0.39, 0.29) is 11.5 Å². The van der Waals surface area contributed by atoms with Gasteiger partial charge in [-0.2, -0.15) is 0 Å². The number of aromatic nitrogens is 4. The summed E-state index contributed by atoms with van der Waals surface area (Å²) in [6, 6.07) is 0.998. The zero-order chi connectivity index (χ0) is 16.4. The lowest BCUT2D eigenvalue weighted by Gasteiger charge is -2.35. The molecule has 120 valence electrons. The van der Waals surface area contributed by atoms with Gasteiger partial charge in [-0.3, -0.25) is 9.59 Å². The maximum atomic E-state index is 12.9. The first-order valence-corrected chi connectivity index (χ1v) is 7.29. The molecule has 1 aliphatic heterocycles. The van der Waals surface area contributed by atoms with Crippen molar-refractivity contribution >= 4 is 5.91 Å². The summed E-state index contributed by atoms with van der Waals surface area (Å²) >= 11 is 0. The van der Waals surface area contributed by atoms with Crippen LogP contribution < -0.4 is 5.56 Å². The molecule has 1 aliphatic rings. The molecule has 3 rings (SSSR count). The van der Waals surface area contributed by atoms with Crippen LogP contribution >= 0.6 is 0 Å². The molecule has 1 amide bonds. The topological polar surface area (TPSA) is 101 Å². The van der Waals surface area contributed by atoms with E-state index in [1.165, 1.54) is 18.6 Å². The van der Waals surface area contributed by atoms with Crippen molar-refractivity contribution in [2.75, 3.05) is 19.8 Å². The number of hydrogen-bond acceptors (Lipinski definition) is 6. The molecule has 2 aromatic rings. The quantitative estimate of drug-likeness (QED) is 0.860. The summed E-state index contributed by atoms with van der Waals surface area (Å²) in [5.41, 5.74) is 1.34. The molecular formula is C15H17N5O3. The Balaban J connectivity index is 1.97. The molecule has 1 atom stereocenters. The van der Waals surface area contributed by atoms with Crippen LogP contribution in [0.5, 0.6) is 0 Å². The lowest BCUT2D eigenvalue weighted by Crippen LogP contribution is -2.44. The van der Waals surface area contributed by atoms with Crippen LogP contribution in [0, 0.1) is 13.8 Å². The minimum Gasteiger partial charge on any atom is -0.377 e. The highest BCUT2D eigenvalue weighted by Crippen LogP contribution is 2.24. The van der Waals surface area contributed by atoms with Crippen molar-refractivity contribution in [1.82, 2.24) is 24.8 Å². The number of hydrogen-bond donors (Lipinski definition) is 1. The molecular weight excluding hydrogens is 298 g/mol. The van der Waals surface area contributed by atoms with Gasteiger partial charge in [0.2, 0.25) is 0 Å². The summed E-state index contributed by atoms with van der Waals surface area (Å²) in [5, 5.41) is 0. The fourth-order valence-corrected chi connectivity index (χ4v) is 2.62. The number of aromatic amines is 1. The van der Waals surface area contributed by atoms with Gasteiger partial charge in [0.15, 0.2) is 0 Å². The maximum Gasteiger partial charge on any atom is 0.257 e. The number of H-pyrrole nitrogens is 1. The van der Waals surface area contributed by atoms with Gasteiger partial charge < -0.3 is 14.6 Å². The smallest absolute Gasteiger partial charge is 0.257 e. The van der Waals surface area contributed by atoms with Crippen molar-refractivity contribution in [3.05, 3.63) is 51.7 Å². The Morgan fingerprint density at radius 1 is 1.43 bits per heavy atom. The standard InChI is InChI=1S/C15H17N5O3/c1-9-11(6-16-8-17-9)15(22)20-3-4-23-7-13(20)12-5-14(21)19-10(2)18-12/h5-6,8,13H,3-4,7H2,1-2H3,(H,18,19,21). The molecule has 1 saturated heterocycles. The number of aryl methyl sites for hydroxylation is 2. The number of carbonyl (C=O) groups excluding carboxylic acids is 1. The Morgan fingerprint density at radius 2 is 2.26 bits per heavy atom. The van der Waals surface area contributed by atoms with Crippen molar-refractivity contribution in [2.24, 2.45) is 0 Å². The van der Waals surface area contributed by atoms with Crippen LogP contribution in [0.4, 0.5) is 0 Å². The Labute approximate surface area is 132 Å². The fraction of sp³-hybridized carbons (Fsp3) is 0.400. The number of nitrogens with zero attached hydrogens (tertiary/aromatic N) is 4. The summed E-state index contributed by atoms with van der Waals surface area (Å²) in [6.07, 6.45) is 2.91. The molecule has 0 aliphatic carbocycles. The summed E-state index contributed by atoms with van der Waals surface area (Å²) in [5.74, 6) is 0.320. The van der Waals surface area contributed by atoms with Gasteiger partial charge in [0.05, 0.1) is 36.2 Å². The molecule has 8 nitrogen and oxygen atoms in total. The van der Waals surface area contributed by atoms with Gasteiger partial charge >= 0.3 is 0 Å². The second-order valence-corrected chi connectivity index (χ2v) is 5.37. The van der Waals surface area contributed by atoms with Crippen molar-refractivity contribution in [2.45, 2.75) is 19.9 Å². The molecule has 1 unspecified atom stereocenters. The first-order chi connectivity index (χ1) is 11.1. The van der Waals surface area contributed by atoms with Gasteiger partial charge in [-0.1, -0.05) is 0 Å². The summed E-state index contributed by atoms with van der Waals surface area (Å²) in [7, 11) is 0. The molecule has 0 radical (unpaired) electrons. The monoisotopic (exact) mass is 315 g/mol. The summed E-state index contributed by atoms with van der Waals surface area (Å²) < 4.78 is 5.49. The normalized spacial score (nSPS) is 18.0. The highest BCUT2D eigenvalue weighted by molar-refractivity contribution is 5.95. The number of morpholine rings is 1. The molecule has 0 bridgehead atoms. The van der Waals surface area contributed by atoms with Gasteiger partial charge in [-0.15, -0.1) is 0 Å². The van der Waals surface area contributed by atoms with Crippen LogP contribution in [-0.4, -0.2) is 50.5 Å². The molecule has 1 fully saturated rings. The van der Waals surface area contributed by atoms with Gasteiger partial charge in [-0.25, -0.2) is 15.0 Å². The second-order valence-electron chi connectivity index (χ2n) is 5.37. The molecule has 3 heterocycles. The molecule has 2 aromatic heterocycles. The minimum atomic E-state index is -0.406. The Bertz CT molecular complexity index is 789. The zero-order valence-electron chi connectivity index (χ0n) is 12.9. The highest BCUT2D eigenvalue weighted by atomic mass is 16.5. The number of ether oxygens (including phenoxy) is 1. The number of rotatable bonds is 2. The van der Waals surface area contributed by atoms with Crippen LogP contribution in [0.15, 0.2) is 23.4 Å². The Kier molecular flexibility index (Phi) is 4.16. The number of nitrogens with one attached hydrogen (secondary N) is 1. The zero-order valence-corrected chi connectivity index (χ0v) is 12.9. The Morgan fingerprint density at radius 3 is 3.00 bits per heavy atom. The number of carbonyl (C=O) groups is 1. The van der Waals surface area contributed by atoms with Crippen LogP contribution in [0.25, 0.3) is 0 Å². The fourth-order valence-electron chi connectivity index (χ4n) is 2.62.